The van der Waals surface area contributed by atoms with Crippen LogP contribution in [0.25, 0.3) is 21.8 Å². The van der Waals surface area contributed by atoms with Gasteiger partial charge >= 0.3 is 0 Å². The number of aromatic nitrogens is 1. The molecule has 0 aliphatic heterocycles. The third kappa shape index (κ3) is 5.77. The SMILES string of the molecule is CC.CCCC.Cc1ccccc1N(c1ccccc1)c1cc2c3cc4c(cc3n(C)c2cc1C)C(C)(C)c1ccccc1C4(C)C. The molecule has 0 spiro atoms. The summed E-state index contributed by atoms with van der Waals surface area (Å²) in [6.45, 7) is 22.4. The number of benzene rings is 5. The molecule has 0 fully saturated rings. The average molecular weight is 623 g/mol. The lowest BCUT2D eigenvalue weighted by Gasteiger charge is -2.44. The summed E-state index contributed by atoms with van der Waals surface area (Å²) < 4.78 is 2.39. The first-order chi connectivity index (χ1) is 22.5. The van der Waals surface area contributed by atoms with Gasteiger partial charge in [0.25, 0.3) is 0 Å². The third-order valence-corrected chi connectivity index (χ3v) is 10.2. The first-order valence-corrected chi connectivity index (χ1v) is 17.6. The number of nitrogens with zero attached hydrogens (tertiary/aromatic N) is 2. The number of anilines is 3. The number of hydrogen-bond acceptors (Lipinski definition) is 1. The van der Waals surface area contributed by atoms with E-state index in [1.54, 1.807) is 0 Å². The standard InChI is InChI=1S/C39H38N2.C4H10.C2H6/c1-25-15-11-14-20-34(25)41(27-16-9-8-10-17-27)35-23-29-28-22-32-33(24-37(28)40(7)36(29)21-26(35)2)39(5,6)31-19-13-12-18-30(31)38(32,3)4;1-3-4-2;1-2/h8-24H,1-7H3;3-4H2,1-2H3;1-2H3. The predicted octanol–water partition coefficient (Wildman–Crippen LogP) is 13.2. The Balaban J connectivity index is 0.000000674. The van der Waals surface area contributed by atoms with Crippen molar-refractivity contribution in [2.45, 2.75) is 92.9 Å². The molecule has 0 amide bonds. The van der Waals surface area contributed by atoms with Gasteiger partial charge in [-0.25, -0.2) is 0 Å². The summed E-state index contributed by atoms with van der Waals surface area (Å²) in [5.41, 5.74) is 14.3. The fourth-order valence-electron chi connectivity index (χ4n) is 7.32. The second kappa shape index (κ2) is 13.4. The van der Waals surface area contributed by atoms with E-state index < -0.39 is 0 Å². The average Bonchev–Trinajstić information content (AvgIpc) is 3.35. The van der Waals surface area contributed by atoms with E-state index in [2.05, 4.69) is 175 Å². The number of para-hydroxylation sites is 2. The lowest BCUT2D eigenvalue weighted by molar-refractivity contribution is 0.521. The zero-order valence-electron chi connectivity index (χ0n) is 30.6. The highest BCUT2D eigenvalue weighted by Gasteiger charge is 2.41. The normalized spacial score (nSPS) is 13.9. The molecular formula is C45H54N2. The van der Waals surface area contributed by atoms with Crippen molar-refractivity contribution in [1.29, 1.82) is 0 Å². The van der Waals surface area contributed by atoms with Gasteiger partial charge in [0.1, 0.15) is 0 Å². The van der Waals surface area contributed by atoms with Crippen LogP contribution in [0.2, 0.25) is 0 Å². The van der Waals surface area contributed by atoms with Gasteiger partial charge in [-0.1, -0.05) is 129 Å². The molecule has 0 atom stereocenters. The smallest absolute Gasteiger partial charge is 0.0498 e. The molecular weight excluding hydrogens is 569 g/mol. The van der Waals surface area contributed by atoms with Gasteiger partial charge in [0.05, 0.1) is 0 Å². The van der Waals surface area contributed by atoms with Gasteiger partial charge in [0.2, 0.25) is 0 Å². The summed E-state index contributed by atoms with van der Waals surface area (Å²) in [6, 6.07) is 38.3. The number of fused-ring (bicyclic) bond motifs is 5. The van der Waals surface area contributed by atoms with Crippen LogP contribution in [0.4, 0.5) is 17.1 Å². The van der Waals surface area contributed by atoms with Gasteiger partial charge in [0.15, 0.2) is 0 Å². The molecule has 2 nitrogen and oxygen atoms in total. The maximum absolute atomic E-state index is 2.50. The summed E-state index contributed by atoms with van der Waals surface area (Å²) in [7, 11) is 2.22. The Morgan fingerprint density at radius 2 is 1.02 bits per heavy atom. The van der Waals surface area contributed by atoms with Crippen LogP contribution in [-0.2, 0) is 17.9 Å². The molecule has 7 rings (SSSR count). The van der Waals surface area contributed by atoms with E-state index in [4.69, 9.17) is 0 Å². The van der Waals surface area contributed by atoms with Crippen molar-refractivity contribution < 1.29 is 0 Å². The summed E-state index contributed by atoms with van der Waals surface area (Å²) in [5.74, 6) is 0. The molecule has 0 bridgehead atoms. The van der Waals surface area contributed by atoms with Crippen LogP contribution in [0.5, 0.6) is 0 Å². The minimum atomic E-state index is -0.0808. The first-order valence-electron chi connectivity index (χ1n) is 17.6. The molecule has 0 radical (unpaired) electrons. The van der Waals surface area contributed by atoms with Crippen molar-refractivity contribution in [3.8, 4) is 0 Å². The van der Waals surface area contributed by atoms with Gasteiger partial charge in [-0.3, -0.25) is 0 Å². The largest absolute Gasteiger partial charge is 0.344 e. The van der Waals surface area contributed by atoms with Gasteiger partial charge in [0, 0.05) is 56.7 Å². The molecule has 0 saturated carbocycles. The maximum Gasteiger partial charge on any atom is 0.0498 e. The van der Waals surface area contributed by atoms with E-state index in [0.29, 0.717) is 0 Å². The molecule has 244 valence electrons. The number of aryl methyl sites for hydroxylation is 3. The van der Waals surface area contributed by atoms with Crippen molar-refractivity contribution in [1.82, 2.24) is 4.57 Å². The zero-order chi connectivity index (χ0) is 34.1. The summed E-state index contributed by atoms with van der Waals surface area (Å²) in [6.07, 6.45) is 2.64. The fourth-order valence-corrected chi connectivity index (χ4v) is 7.32. The number of hydrogen-bond donors (Lipinski definition) is 0. The Kier molecular flexibility index (Phi) is 9.73. The van der Waals surface area contributed by atoms with Crippen LogP contribution in [-0.4, -0.2) is 4.57 Å². The Hall–Kier alpha value is -4.30. The number of rotatable bonds is 4. The van der Waals surface area contributed by atoms with E-state index in [-0.39, 0.29) is 10.8 Å². The van der Waals surface area contributed by atoms with Gasteiger partial charge in [-0.15, -0.1) is 0 Å². The minimum Gasteiger partial charge on any atom is -0.344 e. The molecule has 1 aliphatic rings. The van der Waals surface area contributed by atoms with Crippen LogP contribution in [0.1, 0.15) is 102 Å². The maximum atomic E-state index is 2.50. The lowest BCUT2D eigenvalue weighted by Crippen LogP contribution is -2.36. The predicted molar refractivity (Wildman–Crippen MR) is 207 cm³/mol. The monoisotopic (exact) mass is 622 g/mol. The molecule has 2 heteroatoms. The van der Waals surface area contributed by atoms with Crippen LogP contribution >= 0.6 is 0 Å². The van der Waals surface area contributed by atoms with E-state index in [1.807, 2.05) is 13.8 Å². The quantitative estimate of drug-likeness (QED) is 0.190. The van der Waals surface area contributed by atoms with E-state index in [0.717, 1.165) is 0 Å². The van der Waals surface area contributed by atoms with E-state index in [9.17, 15) is 0 Å². The van der Waals surface area contributed by atoms with Crippen molar-refractivity contribution in [2.24, 2.45) is 7.05 Å². The second-order valence-corrected chi connectivity index (χ2v) is 13.9. The zero-order valence-corrected chi connectivity index (χ0v) is 30.6. The molecule has 1 aromatic heterocycles. The second-order valence-electron chi connectivity index (χ2n) is 13.9. The Morgan fingerprint density at radius 3 is 1.60 bits per heavy atom. The molecule has 0 N–H and O–H groups in total. The molecule has 6 aromatic rings. The summed E-state index contributed by atoms with van der Waals surface area (Å²) >= 11 is 0. The Morgan fingerprint density at radius 1 is 0.532 bits per heavy atom. The molecule has 1 aliphatic carbocycles. The number of unbranched alkanes of at least 4 members (excludes halogenated alkanes) is 1. The van der Waals surface area contributed by atoms with Crippen LogP contribution in [0, 0.1) is 13.8 Å². The Labute approximate surface area is 284 Å². The van der Waals surface area contributed by atoms with Gasteiger partial charge in [-0.2, -0.15) is 0 Å². The molecule has 0 unspecified atom stereocenters. The van der Waals surface area contributed by atoms with Crippen molar-refractivity contribution in [3.63, 3.8) is 0 Å². The Bertz CT molecular complexity index is 2000. The highest BCUT2D eigenvalue weighted by molar-refractivity contribution is 6.10. The van der Waals surface area contributed by atoms with Gasteiger partial charge < -0.3 is 9.47 Å². The lowest BCUT2D eigenvalue weighted by atomic mass is 9.60. The first kappa shape index (κ1) is 34.0. The van der Waals surface area contributed by atoms with E-state index in [1.165, 1.54) is 85.1 Å². The molecule has 5 aromatic carbocycles. The molecule has 47 heavy (non-hydrogen) atoms. The van der Waals surface area contributed by atoms with E-state index >= 15 is 0 Å². The topological polar surface area (TPSA) is 8.17 Å². The van der Waals surface area contributed by atoms with Crippen LogP contribution in [0.15, 0.2) is 103 Å². The summed E-state index contributed by atoms with van der Waals surface area (Å²) in [5, 5.41) is 2.62. The van der Waals surface area contributed by atoms with Crippen LogP contribution in [0.3, 0.4) is 0 Å². The van der Waals surface area contributed by atoms with Crippen LogP contribution < -0.4 is 4.90 Å². The highest BCUT2D eigenvalue weighted by Crippen LogP contribution is 2.51. The fraction of sp³-hybridized carbons (Fsp3) is 0.333. The van der Waals surface area contributed by atoms with Crippen molar-refractivity contribution >= 4 is 38.9 Å². The van der Waals surface area contributed by atoms with Gasteiger partial charge in [-0.05, 0) is 89.7 Å². The summed E-state index contributed by atoms with van der Waals surface area (Å²) in [4.78, 5) is 2.42. The van der Waals surface area contributed by atoms with Crippen molar-refractivity contribution in [3.05, 3.63) is 137 Å². The molecule has 0 saturated heterocycles. The molecule has 1 heterocycles. The minimum absolute atomic E-state index is 0.0673. The third-order valence-electron chi connectivity index (χ3n) is 10.2. The van der Waals surface area contributed by atoms with Crippen molar-refractivity contribution in [2.75, 3.05) is 4.90 Å². The highest BCUT2D eigenvalue weighted by atomic mass is 15.1.